The topological polar surface area (TPSA) is 62.7 Å². The van der Waals surface area contributed by atoms with Gasteiger partial charge in [-0.15, -0.1) is 5.10 Å². The lowest BCUT2D eigenvalue weighted by Gasteiger charge is -2.08. The van der Waals surface area contributed by atoms with Crippen molar-refractivity contribution in [3.05, 3.63) is 72.2 Å². The molecule has 0 saturated carbocycles. The van der Waals surface area contributed by atoms with Gasteiger partial charge in [0.2, 0.25) is 5.95 Å². The van der Waals surface area contributed by atoms with Gasteiger partial charge in [0.25, 0.3) is 0 Å². The van der Waals surface area contributed by atoms with Crippen LogP contribution in [0.2, 0.25) is 0 Å². The molecule has 24 heavy (non-hydrogen) atoms. The molecule has 0 bridgehead atoms. The first-order chi connectivity index (χ1) is 11.8. The summed E-state index contributed by atoms with van der Waals surface area (Å²) in [6, 6.07) is 16.7. The third-order valence-electron chi connectivity index (χ3n) is 3.47. The van der Waals surface area contributed by atoms with Crippen molar-refractivity contribution in [3.63, 3.8) is 0 Å². The summed E-state index contributed by atoms with van der Waals surface area (Å²) >= 11 is 0. The summed E-state index contributed by atoms with van der Waals surface area (Å²) in [4.78, 5) is 4.29. The number of anilines is 3. The average molecular weight is 323 g/mol. The van der Waals surface area contributed by atoms with Gasteiger partial charge < -0.3 is 10.6 Å². The largest absolute Gasteiger partial charge is 0.369 e. The molecule has 2 N–H and O–H groups in total. The van der Waals surface area contributed by atoms with E-state index in [1.807, 2.05) is 18.2 Å². The van der Waals surface area contributed by atoms with Gasteiger partial charge in [0.15, 0.2) is 5.82 Å². The molecule has 0 radical (unpaired) electrons. The summed E-state index contributed by atoms with van der Waals surface area (Å²) in [5, 5.41) is 13.8. The van der Waals surface area contributed by atoms with E-state index in [4.69, 9.17) is 0 Å². The summed E-state index contributed by atoms with van der Waals surface area (Å²) in [7, 11) is 0. The van der Waals surface area contributed by atoms with Gasteiger partial charge in [0.1, 0.15) is 5.82 Å². The highest BCUT2D eigenvalue weighted by Gasteiger charge is 2.04. The van der Waals surface area contributed by atoms with Crippen molar-refractivity contribution in [2.75, 3.05) is 17.2 Å². The lowest BCUT2D eigenvalue weighted by molar-refractivity contribution is 0.631. The standard InChI is InChI=1S/C18H18FN5/c19-15-10-4-5-11-16(15)22-18-23-17(13-21-24-18)20-12-6-9-14-7-2-1-3-8-14/h1-5,7-8,10-11,13H,6,9,12H2,(H2,20,22,23,24). The highest BCUT2D eigenvalue weighted by atomic mass is 19.1. The van der Waals surface area contributed by atoms with E-state index in [0.29, 0.717) is 11.5 Å². The SMILES string of the molecule is Fc1ccccc1Nc1nncc(NCCCc2ccccc2)n1. The van der Waals surface area contributed by atoms with Crippen molar-refractivity contribution in [1.29, 1.82) is 0 Å². The molecule has 122 valence electrons. The molecule has 1 aromatic heterocycles. The molecule has 0 atom stereocenters. The van der Waals surface area contributed by atoms with E-state index >= 15 is 0 Å². The van der Waals surface area contributed by atoms with Crippen LogP contribution in [0.5, 0.6) is 0 Å². The number of nitrogens with zero attached hydrogens (tertiary/aromatic N) is 3. The lowest BCUT2D eigenvalue weighted by Crippen LogP contribution is -2.08. The Bertz CT molecular complexity index is 779. The number of nitrogens with one attached hydrogen (secondary N) is 2. The minimum atomic E-state index is -0.359. The van der Waals surface area contributed by atoms with E-state index < -0.39 is 0 Å². The Morgan fingerprint density at radius 2 is 1.75 bits per heavy atom. The van der Waals surface area contributed by atoms with E-state index in [1.165, 1.54) is 11.6 Å². The molecule has 0 aliphatic carbocycles. The van der Waals surface area contributed by atoms with Gasteiger partial charge in [0.05, 0.1) is 11.9 Å². The van der Waals surface area contributed by atoms with E-state index in [-0.39, 0.29) is 11.8 Å². The van der Waals surface area contributed by atoms with Gasteiger partial charge in [-0.1, -0.05) is 42.5 Å². The predicted molar refractivity (Wildman–Crippen MR) is 92.8 cm³/mol. The van der Waals surface area contributed by atoms with Gasteiger partial charge in [-0.3, -0.25) is 0 Å². The number of aromatic nitrogens is 3. The monoisotopic (exact) mass is 323 g/mol. The van der Waals surface area contributed by atoms with E-state index in [1.54, 1.807) is 24.4 Å². The molecular formula is C18H18FN5. The molecule has 0 aliphatic rings. The fourth-order valence-corrected chi connectivity index (χ4v) is 2.28. The first kappa shape index (κ1) is 15.9. The van der Waals surface area contributed by atoms with Gasteiger partial charge in [-0.2, -0.15) is 10.1 Å². The molecule has 3 aromatic rings. The quantitative estimate of drug-likeness (QED) is 0.648. The highest BCUT2D eigenvalue weighted by Crippen LogP contribution is 2.16. The Hall–Kier alpha value is -3.02. The number of hydrogen-bond acceptors (Lipinski definition) is 5. The Labute approximate surface area is 140 Å². The summed E-state index contributed by atoms with van der Waals surface area (Å²) in [5.41, 5.74) is 1.63. The molecule has 1 heterocycles. The normalized spacial score (nSPS) is 10.4. The minimum Gasteiger partial charge on any atom is -0.369 e. The first-order valence-electron chi connectivity index (χ1n) is 7.80. The van der Waals surface area contributed by atoms with Crippen molar-refractivity contribution < 1.29 is 4.39 Å². The van der Waals surface area contributed by atoms with E-state index in [0.717, 1.165) is 19.4 Å². The van der Waals surface area contributed by atoms with E-state index in [2.05, 4.69) is 37.9 Å². The van der Waals surface area contributed by atoms with Crippen LogP contribution in [0.3, 0.4) is 0 Å². The first-order valence-corrected chi connectivity index (χ1v) is 7.80. The Morgan fingerprint density at radius 3 is 2.58 bits per heavy atom. The molecule has 3 rings (SSSR count). The number of halogens is 1. The number of aryl methyl sites for hydroxylation is 1. The summed E-state index contributed by atoms with van der Waals surface area (Å²) in [5.74, 6) is 0.507. The van der Waals surface area contributed by atoms with Gasteiger partial charge in [-0.05, 0) is 30.5 Å². The zero-order chi connectivity index (χ0) is 16.6. The van der Waals surface area contributed by atoms with Crippen molar-refractivity contribution >= 4 is 17.5 Å². The smallest absolute Gasteiger partial charge is 0.249 e. The molecule has 0 saturated heterocycles. The molecule has 0 aliphatic heterocycles. The molecule has 0 amide bonds. The molecule has 0 spiro atoms. The predicted octanol–water partition coefficient (Wildman–Crippen LogP) is 3.80. The van der Waals surface area contributed by atoms with Crippen LogP contribution in [0.15, 0.2) is 60.8 Å². The molecule has 0 unspecified atom stereocenters. The molecule has 2 aromatic carbocycles. The fraction of sp³-hybridized carbons (Fsp3) is 0.167. The van der Waals surface area contributed by atoms with Crippen molar-refractivity contribution in [2.24, 2.45) is 0 Å². The van der Waals surface area contributed by atoms with Crippen LogP contribution in [0.25, 0.3) is 0 Å². The zero-order valence-corrected chi connectivity index (χ0v) is 13.1. The third-order valence-corrected chi connectivity index (χ3v) is 3.47. The summed E-state index contributed by atoms with van der Waals surface area (Å²) < 4.78 is 13.6. The Balaban J connectivity index is 1.53. The molecule has 6 heteroatoms. The number of rotatable bonds is 7. The number of para-hydroxylation sites is 1. The van der Waals surface area contributed by atoms with Crippen LogP contribution in [0.1, 0.15) is 12.0 Å². The number of hydrogen-bond donors (Lipinski definition) is 2. The summed E-state index contributed by atoms with van der Waals surface area (Å²) in [6.45, 7) is 0.771. The van der Waals surface area contributed by atoms with Crippen LogP contribution in [0, 0.1) is 5.82 Å². The third kappa shape index (κ3) is 4.49. The van der Waals surface area contributed by atoms with Crippen LogP contribution < -0.4 is 10.6 Å². The van der Waals surface area contributed by atoms with E-state index in [9.17, 15) is 4.39 Å². The Morgan fingerprint density at radius 1 is 0.958 bits per heavy atom. The Kier molecular flexibility index (Phi) is 5.29. The fourth-order valence-electron chi connectivity index (χ4n) is 2.28. The van der Waals surface area contributed by atoms with Gasteiger partial charge in [0, 0.05) is 6.54 Å². The number of benzene rings is 2. The van der Waals surface area contributed by atoms with Gasteiger partial charge in [-0.25, -0.2) is 4.39 Å². The van der Waals surface area contributed by atoms with Crippen LogP contribution >= 0.6 is 0 Å². The second kappa shape index (κ2) is 8.01. The average Bonchev–Trinajstić information content (AvgIpc) is 2.62. The second-order valence-corrected chi connectivity index (χ2v) is 5.29. The molecule has 0 fully saturated rings. The lowest BCUT2D eigenvalue weighted by atomic mass is 10.1. The summed E-state index contributed by atoms with van der Waals surface area (Å²) in [6.07, 6.45) is 3.52. The van der Waals surface area contributed by atoms with Crippen molar-refractivity contribution in [2.45, 2.75) is 12.8 Å². The van der Waals surface area contributed by atoms with Crippen molar-refractivity contribution in [1.82, 2.24) is 15.2 Å². The maximum Gasteiger partial charge on any atom is 0.249 e. The maximum atomic E-state index is 13.6. The van der Waals surface area contributed by atoms with Gasteiger partial charge >= 0.3 is 0 Å². The molecular weight excluding hydrogens is 305 g/mol. The minimum absolute atomic E-state index is 0.258. The van der Waals surface area contributed by atoms with Crippen LogP contribution in [-0.4, -0.2) is 21.7 Å². The van der Waals surface area contributed by atoms with Crippen molar-refractivity contribution in [3.8, 4) is 0 Å². The molecule has 5 nitrogen and oxygen atoms in total. The van der Waals surface area contributed by atoms with Crippen LogP contribution in [0.4, 0.5) is 21.8 Å². The van der Waals surface area contributed by atoms with Crippen LogP contribution in [-0.2, 0) is 6.42 Å². The second-order valence-electron chi connectivity index (χ2n) is 5.29. The maximum absolute atomic E-state index is 13.6. The highest BCUT2D eigenvalue weighted by molar-refractivity contribution is 5.54. The zero-order valence-electron chi connectivity index (χ0n) is 13.1.